The van der Waals surface area contributed by atoms with Gasteiger partial charge in [-0.2, -0.15) is 13.7 Å². The molecule has 0 aromatic heterocycles. The fraction of sp³-hybridized carbons (Fsp3) is 0.111. The zero-order valence-electron chi connectivity index (χ0n) is 19.7. The van der Waals surface area contributed by atoms with E-state index in [0.717, 1.165) is 0 Å². The molecule has 1 amide bonds. The molecule has 3 aromatic rings. The first kappa shape index (κ1) is 27.5. The summed E-state index contributed by atoms with van der Waals surface area (Å²) in [5.74, 6) is -1.11. The number of nitriles is 1. The van der Waals surface area contributed by atoms with E-state index in [9.17, 15) is 22.9 Å². The molecule has 0 atom stereocenters. The van der Waals surface area contributed by atoms with E-state index >= 15 is 0 Å². The van der Waals surface area contributed by atoms with Crippen molar-refractivity contribution in [1.82, 2.24) is 0 Å². The highest BCUT2D eigenvalue weighted by atomic mass is 35.5. The highest BCUT2D eigenvalue weighted by Crippen LogP contribution is 2.37. The normalized spacial score (nSPS) is 11.4. The zero-order chi connectivity index (χ0) is 27.0. The third-order valence-electron chi connectivity index (χ3n) is 4.89. The van der Waals surface area contributed by atoms with E-state index in [1.807, 2.05) is 6.07 Å². The van der Waals surface area contributed by atoms with Crippen molar-refractivity contribution >= 4 is 39.4 Å². The van der Waals surface area contributed by atoms with E-state index in [4.69, 9.17) is 20.5 Å². The first-order valence-corrected chi connectivity index (χ1v) is 12.7. The standard InChI is InChI=1S/C27H22ClFN2O5S/c1-3-5-19-14-18(15-20(17-30)27(32)31-23-10-8-22(29)9-11-23)16-25(35-4-2)26(19)36-37(33,34)24-12-6-21(28)7-13-24/h3,6-16H,1,4-5H2,2H3,(H,31,32)/b20-15+. The minimum atomic E-state index is -4.23. The number of carbonyl (C=O) groups excluding carboxylic acids is 1. The topological polar surface area (TPSA) is 105 Å². The van der Waals surface area contributed by atoms with Crippen LogP contribution in [-0.2, 0) is 21.3 Å². The van der Waals surface area contributed by atoms with Gasteiger partial charge >= 0.3 is 10.1 Å². The van der Waals surface area contributed by atoms with Crippen LogP contribution in [0.2, 0.25) is 5.02 Å². The predicted octanol–water partition coefficient (Wildman–Crippen LogP) is 5.92. The highest BCUT2D eigenvalue weighted by Gasteiger charge is 2.23. The van der Waals surface area contributed by atoms with Gasteiger partial charge in [0.2, 0.25) is 0 Å². The van der Waals surface area contributed by atoms with Crippen LogP contribution in [0.3, 0.4) is 0 Å². The van der Waals surface area contributed by atoms with Crippen LogP contribution in [0.4, 0.5) is 10.1 Å². The van der Waals surface area contributed by atoms with Gasteiger partial charge in [-0.1, -0.05) is 17.7 Å². The van der Waals surface area contributed by atoms with Crippen molar-refractivity contribution in [3.8, 4) is 17.6 Å². The summed E-state index contributed by atoms with van der Waals surface area (Å²) in [7, 11) is -4.23. The first-order chi connectivity index (χ1) is 17.7. The minimum absolute atomic E-state index is 0.0388. The maximum absolute atomic E-state index is 13.1. The van der Waals surface area contributed by atoms with E-state index in [1.165, 1.54) is 60.7 Å². The summed E-state index contributed by atoms with van der Waals surface area (Å²) in [6.45, 7) is 5.61. The van der Waals surface area contributed by atoms with Crippen LogP contribution >= 0.6 is 11.6 Å². The number of carbonyl (C=O) groups is 1. The van der Waals surface area contributed by atoms with Crippen LogP contribution in [0.5, 0.6) is 11.5 Å². The number of hydrogen-bond donors (Lipinski definition) is 1. The summed E-state index contributed by atoms with van der Waals surface area (Å²) in [5.41, 5.74) is 0.869. The molecule has 1 N–H and O–H groups in total. The van der Waals surface area contributed by atoms with E-state index in [0.29, 0.717) is 21.8 Å². The van der Waals surface area contributed by atoms with Crippen molar-refractivity contribution in [3.63, 3.8) is 0 Å². The van der Waals surface area contributed by atoms with Crippen molar-refractivity contribution in [2.24, 2.45) is 0 Å². The van der Waals surface area contributed by atoms with Crippen LogP contribution < -0.4 is 14.2 Å². The molecule has 0 bridgehead atoms. The third kappa shape index (κ3) is 7.19. The lowest BCUT2D eigenvalue weighted by Crippen LogP contribution is -2.14. The Morgan fingerprint density at radius 3 is 2.43 bits per heavy atom. The van der Waals surface area contributed by atoms with E-state index < -0.39 is 21.8 Å². The minimum Gasteiger partial charge on any atom is -0.490 e. The predicted molar refractivity (Wildman–Crippen MR) is 139 cm³/mol. The number of ether oxygens (including phenoxy) is 1. The van der Waals surface area contributed by atoms with Gasteiger partial charge in [-0.15, -0.1) is 6.58 Å². The third-order valence-corrected chi connectivity index (χ3v) is 6.38. The lowest BCUT2D eigenvalue weighted by atomic mass is 10.0. The molecule has 3 rings (SSSR count). The first-order valence-electron chi connectivity index (χ1n) is 11.0. The van der Waals surface area contributed by atoms with Gasteiger partial charge in [-0.05, 0) is 85.6 Å². The molecule has 0 spiro atoms. The van der Waals surface area contributed by atoms with Gasteiger partial charge in [0.25, 0.3) is 5.91 Å². The molecule has 0 aliphatic carbocycles. The Kier molecular flexibility index (Phi) is 9.06. The van der Waals surface area contributed by atoms with Crippen molar-refractivity contribution in [2.45, 2.75) is 18.2 Å². The molecule has 7 nitrogen and oxygen atoms in total. The van der Waals surface area contributed by atoms with Crippen molar-refractivity contribution in [3.05, 3.63) is 101 Å². The number of hydrogen-bond acceptors (Lipinski definition) is 6. The summed E-state index contributed by atoms with van der Waals surface area (Å²) in [6, 6.07) is 15.5. The summed E-state index contributed by atoms with van der Waals surface area (Å²) >= 11 is 5.86. The monoisotopic (exact) mass is 540 g/mol. The molecule has 0 saturated heterocycles. The summed E-state index contributed by atoms with van der Waals surface area (Å²) in [4.78, 5) is 12.5. The number of nitrogens with zero attached hydrogens (tertiary/aromatic N) is 1. The van der Waals surface area contributed by atoms with Gasteiger partial charge in [-0.3, -0.25) is 4.79 Å². The Hall–Kier alpha value is -4.13. The molecule has 3 aromatic carbocycles. The number of nitrogens with one attached hydrogen (secondary N) is 1. The van der Waals surface area contributed by atoms with Gasteiger partial charge in [0.15, 0.2) is 11.5 Å². The zero-order valence-corrected chi connectivity index (χ0v) is 21.3. The Balaban J connectivity index is 2.01. The average Bonchev–Trinajstić information content (AvgIpc) is 2.86. The van der Waals surface area contributed by atoms with Gasteiger partial charge in [0.05, 0.1) is 6.61 Å². The van der Waals surface area contributed by atoms with Crippen molar-refractivity contribution < 1.29 is 26.5 Å². The Morgan fingerprint density at radius 1 is 1.16 bits per heavy atom. The molecular weight excluding hydrogens is 519 g/mol. The van der Waals surface area contributed by atoms with Gasteiger partial charge in [0, 0.05) is 16.3 Å². The van der Waals surface area contributed by atoms with Crippen LogP contribution in [0.15, 0.2) is 83.8 Å². The fourth-order valence-corrected chi connectivity index (χ4v) is 4.34. The van der Waals surface area contributed by atoms with Crippen LogP contribution in [0.1, 0.15) is 18.1 Å². The quantitative estimate of drug-likeness (QED) is 0.148. The smallest absolute Gasteiger partial charge is 0.339 e. The molecule has 0 unspecified atom stereocenters. The Labute approximate surface area is 219 Å². The number of halogens is 2. The van der Waals surface area contributed by atoms with Gasteiger partial charge in [0.1, 0.15) is 22.4 Å². The maximum Gasteiger partial charge on any atom is 0.339 e. The molecule has 0 aliphatic rings. The van der Waals surface area contributed by atoms with Gasteiger partial charge < -0.3 is 14.2 Å². The lowest BCUT2D eigenvalue weighted by molar-refractivity contribution is -0.112. The van der Waals surface area contributed by atoms with Crippen LogP contribution in [0, 0.1) is 17.1 Å². The number of benzene rings is 3. The second kappa shape index (κ2) is 12.2. The second-order valence-corrected chi connectivity index (χ2v) is 9.54. The molecule has 0 radical (unpaired) electrons. The van der Waals surface area contributed by atoms with Gasteiger partial charge in [-0.25, -0.2) is 4.39 Å². The van der Waals surface area contributed by atoms with Crippen molar-refractivity contribution in [1.29, 1.82) is 5.26 Å². The van der Waals surface area contributed by atoms with E-state index in [1.54, 1.807) is 19.1 Å². The summed E-state index contributed by atoms with van der Waals surface area (Å²) in [5, 5.41) is 12.5. The molecule has 0 aliphatic heterocycles. The molecule has 0 fully saturated rings. The molecule has 190 valence electrons. The Bertz CT molecular complexity index is 1480. The number of rotatable bonds is 10. The van der Waals surface area contributed by atoms with Crippen LogP contribution in [0.25, 0.3) is 6.08 Å². The molecule has 0 heterocycles. The number of anilines is 1. The number of allylic oxidation sites excluding steroid dienone is 1. The molecule has 37 heavy (non-hydrogen) atoms. The summed E-state index contributed by atoms with van der Waals surface area (Å²) in [6.07, 6.45) is 3.08. The maximum atomic E-state index is 13.1. The van der Waals surface area contributed by atoms with E-state index in [-0.39, 0.29) is 35.0 Å². The average molecular weight is 541 g/mol. The van der Waals surface area contributed by atoms with Crippen molar-refractivity contribution in [2.75, 3.05) is 11.9 Å². The second-order valence-electron chi connectivity index (χ2n) is 7.56. The van der Waals surface area contributed by atoms with E-state index in [2.05, 4.69) is 11.9 Å². The molecule has 10 heteroatoms. The number of amides is 1. The molecule has 0 saturated carbocycles. The summed E-state index contributed by atoms with van der Waals surface area (Å²) < 4.78 is 50.2. The fourth-order valence-electron chi connectivity index (χ4n) is 3.24. The Morgan fingerprint density at radius 2 is 1.84 bits per heavy atom. The molecular formula is C27H22ClFN2O5S. The lowest BCUT2D eigenvalue weighted by Gasteiger charge is -2.16. The SMILES string of the molecule is C=CCc1cc(/C=C(\C#N)C(=O)Nc2ccc(F)cc2)cc(OCC)c1OS(=O)(=O)c1ccc(Cl)cc1. The highest BCUT2D eigenvalue weighted by molar-refractivity contribution is 7.87. The van der Waals surface area contributed by atoms with Crippen LogP contribution in [-0.4, -0.2) is 20.9 Å². The largest absolute Gasteiger partial charge is 0.490 e.